The summed E-state index contributed by atoms with van der Waals surface area (Å²) in [6, 6.07) is 9.84. The monoisotopic (exact) mass is 580 g/mol. The van der Waals surface area contributed by atoms with Crippen LogP contribution in [0.15, 0.2) is 24.3 Å². The Balaban J connectivity index is 2.33. The molecule has 1 fully saturated rings. The van der Waals surface area contributed by atoms with Gasteiger partial charge >= 0.3 is 0 Å². The Bertz CT molecular complexity index is 965. The Morgan fingerprint density at radius 2 is 0.857 bits per heavy atom. The molecule has 0 aromatic heterocycles. The predicted octanol–water partition coefficient (Wildman–Crippen LogP) is 8.47. The Hall–Kier alpha value is -2.04. The molecular weight excluding hydrogens is 520 g/mol. The molecular formula is C38H60O4. The van der Waals surface area contributed by atoms with Crippen LogP contribution in [0.25, 0.3) is 0 Å². The van der Waals surface area contributed by atoms with Gasteiger partial charge < -0.3 is 19.7 Å². The van der Waals surface area contributed by atoms with Gasteiger partial charge in [0.25, 0.3) is 0 Å². The summed E-state index contributed by atoms with van der Waals surface area (Å²) in [5.74, 6) is 4.01. The lowest BCUT2D eigenvalue weighted by Crippen LogP contribution is -2.31. The highest BCUT2D eigenvalue weighted by Crippen LogP contribution is 2.49. The molecule has 1 aliphatic rings. The number of benzene rings is 2. The van der Waals surface area contributed by atoms with Gasteiger partial charge in [-0.25, -0.2) is 0 Å². The van der Waals surface area contributed by atoms with Crippen LogP contribution in [0.2, 0.25) is 0 Å². The van der Waals surface area contributed by atoms with Gasteiger partial charge in [-0.15, -0.1) is 0 Å². The Kier molecular flexibility index (Phi) is 13.2. The molecule has 0 atom stereocenters. The fraction of sp³-hybridized carbons (Fsp3) is 0.684. The van der Waals surface area contributed by atoms with Crippen molar-refractivity contribution in [2.45, 2.75) is 119 Å². The van der Waals surface area contributed by atoms with Gasteiger partial charge in [-0.1, -0.05) is 98.9 Å². The van der Waals surface area contributed by atoms with E-state index in [1.54, 1.807) is 0 Å². The van der Waals surface area contributed by atoms with Crippen molar-refractivity contribution in [1.29, 1.82) is 0 Å². The van der Waals surface area contributed by atoms with Gasteiger partial charge in [-0.3, -0.25) is 0 Å². The standard InChI is InChI=1S/C38H60O4/c1-26(2)18-30-22-34(23-31(19-27(3)4)36(30)41-16-14-39)38(12-10-9-11-13-38)35-24-32(20-28(5)6)37(42-17-15-40)33(25-35)21-29(7)8/h22-29,39-40H,9-21H2,1-8H3. The lowest BCUT2D eigenvalue weighted by molar-refractivity contribution is 0.198. The lowest BCUT2D eigenvalue weighted by Gasteiger charge is -2.40. The van der Waals surface area contributed by atoms with Crippen LogP contribution < -0.4 is 9.47 Å². The van der Waals surface area contributed by atoms with Crippen molar-refractivity contribution in [3.05, 3.63) is 57.6 Å². The molecule has 2 aromatic carbocycles. The van der Waals surface area contributed by atoms with E-state index in [1.165, 1.54) is 52.6 Å². The molecule has 42 heavy (non-hydrogen) atoms. The van der Waals surface area contributed by atoms with E-state index in [4.69, 9.17) is 9.47 Å². The van der Waals surface area contributed by atoms with Crippen LogP contribution in [0.3, 0.4) is 0 Å². The van der Waals surface area contributed by atoms with Gasteiger partial charge in [0.15, 0.2) is 0 Å². The summed E-state index contributed by atoms with van der Waals surface area (Å²) in [4.78, 5) is 0. The maximum Gasteiger partial charge on any atom is 0.125 e. The minimum Gasteiger partial charge on any atom is -0.491 e. The molecule has 0 amide bonds. The second kappa shape index (κ2) is 16.1. The molecule has 1 saturated carbocycles. The maximum absolute atomic E-state index is 9.63. The third-order valence-corrected chi connectivity index (χ3v) is 8.49. The van der Waals surface area contributed by atoms with Crippen LogP contribution in [-0.2, 0) is 31.1 Å². The SMILES string of the molecule is CC(C)Cc1cc(C2(c3cc(CC(C)C)c(OCCO)c(CC(C)C)c3)CCCCC2)cc(CC(C)C)c1OCCO. The van der Waals surface area contributed by atoms with Crippen molar-refractivity contribution in [3.8, 4) is 11.5 Å². The van der Waals surface area contributed by atoms with Crippen LogP contribution in [0.1, 0.15) is 121 Å². The van der Waals surface area contributed by atoms with Gasteiger partial charge in [0.05, 0.1) is 13.2 Å². The molecule has 0 bridgehead atoms. The summed E-state index contributed by atoms with van der Waals surface area (Å²) < 4.78 is 12.6. The number of aliphatic hydroxyl groups excluding tert-OH is 2. The summed E-state index contributed by atoms with van der Waals surface area (Å²) in [7, 11) is 0. The molecule has 0 saturated heterocycles. The lowest BCUT2D eigenvalue weighted by atomic mass is 9.64. The average Bonchev–Trinajstić information content (AvgIpc) is 2.91. The molecule has 1 aliphatic carbocycles. The molecule has 2 aromatic rings. The van der Waals surface area contributed by atoms with E-state index >= 15 is 0 Å². The molecule has 236 valence electrons. The molecule has 0 radical (unpaired) electrons. The summed E-state index contributed by atoms with van der Waals surface area (Å²) in [5, 5.41) is 19.3. The molecule has 4 nitrogen and oxygen atoms in total. The minimum atomic E-state index is -0.0574. The first kappa shape index (κ1) is 34.5. The van der Waals surface area contributed by atoms with E-state index in [1.807, 2.05) is 0 Å². The van der Waals surface area contributed by atoms with Gasteiger partial charge in [0, 0.05) is 5.41 Å². The van der Waals surface area contributed by atoms with Crippen molar-refractivity contribution >= 4 is 0 Å². The van der Waals surface area contributed by atoms with Gasteiger partial charge in [0.2, 0.25) is 0 Å². The smallest absolute Gasteiger partial charge is 0.125 e. The van der Waals surface area contributed by atoms with E-state index in [0.29, 0.717) is 36.9 Å². The largest absolute Gasteiger partial charge is 0.491 e. The number of hydrogen-bond acceptors (Lipinski definition) is 4. The molecule has 0 heterocycles. The molecule has 0 unspecified atom stereocenters. The van der Waals surface area contributed by atoms with Crippen molar-refractivity contribution in [1.82, 2.24) is 0 Å². The predicted molar refractivity (Wildman–Crippen MR) is 176 cm³/mol. The van der Waals surface area contributed by atoms with Crippen LogP contribution in [0.5, 0.6) is 11.5 Å². The van der Waals surface area contributed by atoms with E-state index < -0.39 is 0 Å². The molecule has 0 aliphatic heterocycles. The van der Waals surface area contributed by atoms with Crippen molar-refractivity contribution in [2.75, 3.05) is 26.4 Å². The Morgan fingerprint density at radius 1 is 0.548 bits per heavy atom. The van der Waals surface area contributed by atoms with E-state index in [2.05, 4.69) is 79.7 Å². The highest BCUT2D eigenvalue weighted by Gasteiger charge is 2.38. The molecule has 0 spiro atoms. The first-order valence-corrected chi connectivity index (χ1v) is 16.8. The van der Waals surface area contributed by atoms with Crippen molar-refractivity contribution in [3.63, 3.8) is 0 Å². The first-order valence-electron chi connectivity index (χ1n) is 16.8. The normalized spacial score (nSPS) is 15.3. The fourth-order valence-electron chi connectivity index (χ4n) is 6.99. The van der Waals surface area contributed by atoms with E-state index in [9.17, 15) is 10.2 Å². The molecule has 2 N–H and O–H groups in total. The van der Waals surface area contributed by atoms with Gasteiger partial charge in [-0.05, 0) is 95.6 Å². The highest BCUT2D eigenvalue weighted by molar-refractivity contribution is 5.54. The third kappa shape index (κ3) is 8.99. The average molecular weight is 581 g/mol. The Labute approximate surface area is 257 Å². The number of ether oxygens (including phenoxy) is 2. The van der Waals surface area contributed by atoms with Gasteiger partial charge in [0.1, 0.15) is 24.7 Å². The van der Waals surface area contributed by atoms with E-state index in [-0.39, 0.29) is 18.6 Å². The zero-order valence-corrected chi connectivity index (χ0v) is 28.0. The maximum atomic E-state index is 9.63. The fourth-order valence-corrected chi connectivity index (χ4v) is 6.99. The second-order valence-electron chi connectivity index (χ2n) is 14.4. The van der Waals surface area contributed by atoms with Crippen LogP contribution in [0, 0.1) is 23.7 Å². The minimum absolute atomic E-state index is 0.0237. The van der Waals surface area contributed by atoms with Crippen LogP contribution in [0.4, 0.5) is 0 Å². The topological polar surface area (TPSA) is 58.9 Å². The quantitative estimate of drug-likeness (QED) is 0.209. The number of hydrogen-bond donors (Lipinski definition) is 2. The summed E-state index contributed by atoms with van der Waals surface area (Å²) in [5.41, 5.74) is 7.93. The van der Waals surface area contributed by atoms with Crippen LogP contribution >= 0.6 is 0 Å². The summed E-state index contributed by atoms with van der Waals surface area (Å²) >= 11 is 0. The van der Waals surface area contributed by atoms with Crippen molar-refractivity contribution < 1.29 is 19.7 Å². The molecule has 4 heteroatoms. The Morgan fingerprint density at radius 3 is 1.12 bits per heavy atom. The third-order valence-electron chi connectivity index (χ3n) is 8.49. The van der Waals surface area contributed by atoms with Gasteiger partial charge in [-0.2, -0.15) is 0 Å². The highest BCUT2D eigenvalue weighted by atomic mass is 16.5. The van der Waals surface area contributed by atoms with E-state index in [0.717, 1.165) is 50.0 Å². The summed E-state index contributed by atoms with van der Waals surface area (Å²) in [6.07, 6.45) is 9.86. The number of aliphatic hydroxyl groups is 2. The summed E-state index contributed by atoms with van der Waals surface area (Å²) in [6.45, 7) is 18.9. The zero-order chi connectivity index (χ0) is 30.9. The van der Waals surface area contributed by atoms with Crippen LogP contribution in [-0.4, -0.2) is 36.6 Å². The van der Waals surface area contributed by atoms with Crippen molar-refractivity contribution in [2.24, 2.45) is 23.7 Å². The second-order valence-corrected chi connectivity index (χ2v) is 14.4. The number of rotatable bonds is 16. The molecule has 3 rings (SSSR count). The first-order chi connectivity index (χ1) is 20.0. The zero-order valence-electron chi connectivity index (χ0n) is 28.0.